The van der Waals surface area contributed by atoms with Crippen LogP contribution in [0, 0.1) is 5.82 Å². The molecule has 29 nitrogen and oxygen atoms in total. The molecule has 0 amide bonds. The first-order chi connectivity index (χ1) is 55.5. The van der Waals surface area contributed by atoms with Gasteiger partial charge in [0.25, 0.3) is 0 Å². The van der Waals surface area contributed by atoms with Gasteiger partial charge in [0.15, 0.2) is 29.1 Å². The van der Waals surface area contributed by atoms with Crippen LogP contribution in [-0.2, 0) is 19.2 Å². The number of pyridine rings is 5. The molecule has 0 unspecified atom stereocenters. The number of fused-ring (bicyclic) bond motifs is 5. The highest BCUT2D eigenvalue weighted by molar-refractivity contribution is 6.31. The van der Waals surface area contributed by atoms with E-state index in [0.29, 0.717) is 121 Å². The first-order valence-electron chi connectivity index (χ1n) is 40.9. The minimum absolute atomic E-state index is 0. The number of unbranched alkanes of at least 4 members (excludes halogenated alkanes) is 7. The zero-order valence-electron chi connectivity index (χ0n) is 71.2. The van der Waals surface area contributed by atoms with Crippen molar-refractivity contribution in [2.24, 2.45) is 0 Å². The predicted octanol–water partition coefficient (Wildman–Crippen LogP) is 21.5. The second-order valence-corrected chi connectivity index (χ2v) is 32.6. The Balaban J connectivity index is 0.000000509. The van der Waals surface area contributed by atoms with Gasteiger partial charge in [-0.1, -0.05) is 172 Å². The number of rotatable bonds is 40. The molecule has 10 aromatic heterocycles. The van der Waals surface area contributed by atoms with E-state index < -0.39 is 5.82 Å². The number of halogens is 3. The quantitative estimate of drug-likeness (QED) is 0.0159. The third-order valence-electron chi connectivity index (χ3n) is 20.4. The molecule has 0 aromatic carbocycles. The Kier molecular flexibility index (Phi) is 45.3. The number of nitrogens with one attached hydrogen (secondary N) is 5. The zero-order valence-corrected chi connectivity index (χ0v) is 72.7. The summed E-state index contributed by atoms with van der Waals surface area (Å²) in [5, 5.41) is 18.4. The van der Waals surface area contributed by atoms with Crippen molar-refractivity contribution in [3.05, 3.63) is 89.3 Å². The summed E-state index contributed by atoms with van der Waals surface area (Å²) < 4.78 is 13.4. The fourth-order valence-corrected chi connectivity index (χ4v) is 13.5. The molecule has 10 rings (SSSR count). The van der Waals surface area contributed by atoms with Gasteiger partial charge in [0.1, 0.15) is 56.5 Å². The van der Waals surface area contributed by atoms with E-state index in [2.05, 4.69) is 178 Å². The highest BCUT2D eigenvalue weighted by atomic mass is 35.5. The highest BCUT2D eigenvalue weighted by Crippen LogP contribution is 2.35. The topological polar surface area (TPSA) is 452 Å². The van der Waals surface area contributed by atoms with Gasteiger partial charge in [-0.3, -0.25) is 9.97 Å². The maximum Gasteiger partial charge on any atom is 0.222 e. The SMILES string of the molecule is C.C.C.C.CCCCC[C@@](C)(CCC(C)=O)Nc1nc(N)nc2cc(Cl)cnc12.CCCCC[C@@](C)(CCC(C)=O)Nc1nc(N)nc2cccnc12.CCCC[C@@](C)(CC)Nc1nc(N)nc2cc(Cl)cnc12.CCCC[C@@](C)(CCC(C)=O)Nc1nc(N)nc2cc(F)cnc12.CCCC[C@@](C)(CCC(C)=O)Nc1nc(N)nc2cccnc12. The summed E-state index contributed by atoms with van der Waals surface area (Å²) >= 11 is 12.0. The predicted molar refractivity (Wildman–Crippen MR) is 503 cm³/mol. The summed E-state index contributed by atoms with van der Waals surface area (Å²) in [6.45, 7) is 30.1. The third-order valence-corrected chi connectivity index (χ3v) is 20.8. The van der Waals surface area contributed by atoms with E-state index in [1.54, 1.807) is 64.6 Å². The summed E-state index contributed by atoms with van der Waals surface area (Å²) in [6.07, 6.45) is 31.9. The lowest BCUT2D eigenvalue weighted by atomic mass is 9.88. The van der Waals surface area contributed by atoms with E-state index in [-0.39, 0.29) is 110 Å². The number of nitrogens with zero attached hydrogens (tertiary/aromatic N) is 15. The van der Waals surface area contributed by atoms with E-state index in [9.17, 15) is 23.6 Å². The van der Waals surface area contributed by atoms with Crippen LogP contribution in [0.3, 0.4) is 0 Å². The van der Waals surface area contributed by atoms with Gasteiger partial charge in [0, 0.05) is 84.2 Å². The van der Waals surface area contributed by atoms with Crippen molar-refractivity contribution in [3.8, 4) is 0 Å². The molecule has 0 saturated carbocycles. The molecule has 10 heterocycles. The molecule has 0 spiro atoms. The molecule has 0 bridgehead atoms. The van der Waals surface area contributed by atoms with Crippen molar-refractivity contribution < 1.29 is 23.6 Å². The Hall–Kier alpha value is -10.4. The maximum atomic E-state index is 13.4. The van der Waals surface area contributed by atoms with Crippen molar-refractivity contribution in [3.63, 3.8) is 0 Å². The monoisotopic (exact) mass is 1710 g/mol. The van der Waals surface area contributed by atoms with Crippen LogP contribution in [-0.4, -0.2) is 126 Å². The molecule has 0 saturated heterocycles. The molecule has 0 aliphatic heterocycles. The van der Waals surface area contributed by atoms with Gasteiger partial charge >= 0.3 is 0 Å². The Morgan fingerprint density at radius 3 is 0.868 bits per heavy atom. The Morgan fingerprint density at radius 2 is 0.587 bits per heavy atom. The lowest BCUT2D eigenvalue weighted by Gasteiger charge is -2.32. The number of anilines is 10. The first-order valence-corrected chi connectivity index (χ1v) is 41.7. The molecule has 15 N–H and O–H groups in total. The third kappa shape index (κ3) is 35.3. The van der Waals surface area contributed by atoms with E-state index in [4.69, 9.17) is 51.9 Å². The standard InChI is InChI=1S/C18H26ClN5O.C18H27N5O.C17H24FN5O.C17H25N5O.C15H22ClN5.4CH4/c1-4-5-6-8-18(3,9-7-12(2)25)24-16-15-14(22-17(20)23-16)10-13(19)11-21-15;1-4-5-6-10-18(3,11-9-13(2)24)23-16-15-14(8-7-12-20-15)21-17(19)22-16;1-4-5-7-17(3,8-6-11(2)24)23-15-14-13(21-16(19)22-15)9-12(18)10-20-14;1-4-5-9-17(3,10-8-12(2)23)22-15-14-13(7-6-11-19-14)20-16(18)21-15;1-4-6-7-15(3,5-2)21-13-12-11(19-14(17)20-13)8-10(16)9-18-12;;;;/h10-11H,4-9H2,1-3H3,(H3,20,22,23,24);7-8,12H,4-6,9-11H2,1-3H3,(H3,19,21,22,23);9-10H,4-8H2,1-3H3,(H3,19,21,22,23);6-7,11H,4-5,8-10H2,1-3H3,(H3,18,20,21,22);8-9H,4-7H2,1-3H3,(H3,17,19,20,21);4*1H4/t2*18-;2*17-;15-;;;;/m00001..../s1. The number of nitrogen functional groups attached to an aromatic ring is 5. The molecule has 5 atom stereocenters. The fourth-order valence-electron chi connectivity index (χ4n) is 13.2. The van der Waals surface area contributed by atoms with Crippen LogP contribution < -0.4 is 55.3 Å². The van der Waals surface area contributed by atoms with E-state index >= 15 is 0 Å². The smallest absolute Gasteiger partial charge is 0.222 e. The molecular weight excluding hydrogens is 1570 g/mol. The Labute approximate surface area is 727 Å². The van der Waals surface area contributed by atoms with Crippen LogP contribution >= 0.6 is 23.2 Å². The largest absolute Gasteiger partial charge is 0.368 e. The van der Waals surface area contributed by atoms with Crippen LogP contribution in [0.2, 0.25) is 10.0 Å². The molecule has 0 aliphatic rings. The Bertz CT molecular complexity index is 4900. The van der Waals surface area contributed by atoms with Crippen LogP contribution in [0.1, 0.15) is 301 Å². The second kappa shape index (κ2) is 51.4. The van der Waals surface area contributed by atoms with Crippen molar-refractivity contribution >= 4 is 160 Å². The summed E-state index contributed by atoms with van der Waals surface area (Å²) in [6, 6.07) is 12.1. The van der Waals surface area contributed by atoms with Gasteiger partial charge in [0.05, 0.1) is 43.8 Å². The summed E-state index contributed by atoms with van der Waals surface area (Å²) in [5.74, 6) is 4.14. The number of Topliss-reactive ketones (excluding diaryl/α,β-unsaturated/α-hetero) is 4. The lowest BCUT2D eigenvalue weighted by Crippen LogP contribution is -2.36. The van der Waals surface area contributed by atoms with Gasteiger partial charge in [-0.25, -0.2) is 44.3 Å². The van der Waals surface area contributed by atoms with E-state index in [0.717, 1.165) is 140 Å². The first kappa shape index (κ1) is 107. The van der Waals surface area contributed by atoms with Crippen LogP contribution in [0.5, 0.6) is 0 Å². The van der Waals surface area contributed by atoms with Crippen molar-refractivity contribution in [1.29, 1.82) is 0 Å². The number of ketones is 4. The minimum atomic E-state index is -0.475. The maximum absolute atomic E-state index is 13.4. The molecule has 10 aromatic rings. The number of hydrogen-bond donors (Lipinski definition) is 10. The molecule has 0 radical (unpaired) electrons. The van der Waals surface area contributed by atoms with Gasteiger partial charge in [0.2, 0.25) is 29.7 Å². The van der Waals surface area contributed by atoms with E-state index in [1.807, 2.05) is 24.3 Å². The van der Waals surface area contributed by atoms with Gasteiger partial charge < -0.3 is 74.4 Å². The van der Waals surface area contributed by atoms with Crippen molar-refractivity contribution in [2.45, 2.75) is 328 Å². The molecule has 121 heavy (non-hydrogen) atoms. The number of nitrogens with two attached hydrogens (primary N) is 5. The number of carbonyl (C=O) groups is 4. The average molecular weight is 1710 g/mol. The zero-order chi connectivity index (χ0) is 86.1. The lowest BCUT2D eigenvalue weighted by molar-refractivity contribution is -0.118. The number of carbonyl (C=O) groups excluding carboxylic acids is 4. The molecular formula is C89H140Cl2FN25O4. The van der Waals surface area contributed by atoms with Gasteiger partial charge in [-0.2, -0.15) is 24.9 Å². The molecule has 0 fully saturated rings. The fraction of sp³-hybridized carbons (Fsp3) is 0.562. The molecule has 666 valence electrons. The average Bonchev–Trinajstić information content (AvgIpc) is 0.819. The Morgan fingerprint density at radius 1 is 0.339 bits per heavy atom. The number of hydrogen-bond acceptors (Lipinski definition) is 29. The van der Waals surface area contributed by atoms with Gasteiger partial charge in [-0.05, 0) is 163 Å². The molecule has 32 heteroatoms. The summed E-state index contributed by atoms with van der Waals surface area (Å²) in [5.41, 5.74) is 34.2. The summed E-state index contributed by atoms with van der Waals surface area (Å²) in [4.78, 5) is 110. The minimum Gasteiger partial charge on any atom is -0.368 e. The number of aromatic nitrogens is 15. The highest BCUT2D eigenvalue weighted by Gasteiger charge is 2.31. The summed E-state index contributed by atoms with van der Waals surface area (Å²) in [7, 11) is 0. The van der Waals surface area contributed by atoms with Crippen molar-refractivity contribution in [2.75, 3.05) is 55.3 Å². The van der Waals surface area contributed by atoms with Crippen LogP contribution in [0.15, 0.2) is 73.4 Å². The van der Waals surface area contributed by atoms with Crippen molar-refractivity contribution in [1.82, 2.24) is 74.8 Å². The second-order valence-electron chi connectivity index (χ2n) is 31.8. The van der Waals surface area contributed by atoms with Gasteiger partial charge in [-0.15, -0.1) is 0 Å². The van der Waals surface area contributed by atoms with Crippen LogP contribution in [0.25, 0.3) is 55.2 Å². The molecule has 0 aliphatic carbocycles. The van der Waals surface area contributed by atoms with Crippen LogP contribution in [0.4, 0.5) is 63.2 Å². The normalized spacial score (nSPS) is 13.3. The van der Waals surface area contributed by atoms with E-state index in [1.165, 1.54) is 12.5 Å².